The number of hydrogen-bond donors (Lipinski definition) is 1. The van der Waals surface area contributed by atoms with Crippen molar-refractivity contribution in [3.63, 3.8) is 0 Å². The Balaban J connectivity index is 2.38. The number of ketones is 1. The number of carbonyl (C=O) groups is 2. The zero-order valence-electron chi connectivity index (χ0n) is 10.2. The Kier molecular flexibility index (Phi) is 3.50. The van der Waals surface area contributed by atoms with Gasteiger partial charge in [0.15, 0.2) is 0 Å². The molecule has 1 aromatic carbocycles. The van der Waals surface area contributed by atoms with E-state index in [1.165, 1.54) is 7.11 Å². The van der Waals surface area contributed by atoms with Crippen LogP contribution in [0.15, 0.2) is 18.2 Å². The molecule has 0 aromatic heterocycles. The summed E-state index contributed by atoms with van der Waals surface area (Å²) in [6, 6.07) is 5.09. The van der Waals surface area contributed by atoms with Gasteiger partial charge in [-0.15, -0.1) is 0 Å². The zero-order valence-corrected chi connectivity index (χ0v) is 10.2. The normalized spacial score (nSPS) is 14.6. The standard InChI is InChI=1S/C13H15NO4/c1-18-11-5-4-9(14-6-2-3-7-14)8-10(11)12(15)13(16)17/h4-5,8H,2-3,6-7H2,1H3,(H,16,17). The quantitative estimate of drug-likeness (QED) is 0.648. The highest BCUT2D eigenvalue weighted by Crippen LogP contribution is 2.27. The highest BCUT2D eigenvalue weighted by atomic mass is 16.5. The summed E-state index contributed by atoms with van der Waals surface area (Å²) in [6.45, 7) is 1.88. The molecule has 0 atom stereocenters. The maximum Gasteiger partial charge on any atom is 0.377 e. The molecule has 1 aliphatic heterocycles. The Morgan fingerprint density at radius 1 is 1.28 bits per heavy atom. The number of carboxylic acid groups (broad SMARTS) is 1. The third-order valence-electron chi connectivity index (χ3n) is 3.09. The molecule has 0 saturated carbocycles. The van der Waals surface area contributed by atoms with E-state index in [2.05, 4.69) is 4.90 Å². The predicted octanol–water partition coefficient (Wildman–Crippen LogP) is 1.56. The highest BCUT2D eigenvalue weighted by Gasteiger charge is 2.21. The van der Waals surface area contributed by atoms with E-state index in [1.807, 2.05) is 6.07 Å². The van der Waals surface area contributed by atoms with E-state index < -0.39 is 11.8 Å². The van der Waals surface area contributed by atoms with Crippen molar-refractivity contribution in [1.82, 2.24) is 0 Å². The molecule has 1 N–H and O–H groups in total. The van der Waals surface area contributed by atoms with Crippen LogP contribution in [0.5, 0.6) is 5.75 Å². The van der Waals surface area contributed by atoms with Gasteiger partial charge >= 0.3 is 5.97 Å². The minimum atomic E-state index is -1.47. The minimum Gasteiger partial charge on any atom is -0.496 e. The average Bonchev–Trinajstić information content (AvgIpc) is 2.90. The second kappa shape index (κ2) is 5.08. The molecule has 0 unspecified atom stereocenters. The molecule has 0 spiro atoms. The summed E-state index contributed by atoms with van der Waals surface area (Å²) < 4.78 is 5.03. The van der Waals surface area contributed by atoms with Crippen molar-refractivity contribution in [2.45, 2.75) is 12.8 Å². The first kappa shape index (κ1) is 12.4. The van der Waals surface area contributed by atoms with Crippen molar-refractivity contribution in [1.29, 1.82) is 0 Å². The Hall–Kier alpha value is -2.04. The SMILES string of the molecule is COc1ccc(N2CCCC2)cc1C(=O)C(=O)O. The first-order chi connectivity index (χ1) is 8.63. The van der Waals surface area contributed by atoms with Crippen LogP contribution in [0.3, 0.4) is 0 Å². The maximum atomic E-state index is 11.6. The van der Waals surface area contributed by atoms with Crippen LogP contribution in [0.2, 0.25) is 0 Å². The number of anilines is 1. The Morgan fingerprint density at radius 2 is 1.94 bits per heavy atom. The van der Waals surface area contributed by atoms with E-state index in [0.29, 0.717) is 5.75 Å². The van der Waals surface area contributed by atoms with Gasteiger partial charge in [-0.3, -0.25) is 4.79 Å². The lowest BCUT2D eigenvalue weighted by atomic mass is 10.1. The number of nitrogens with zero attached hydrogens (tertiary/aromatic N) is 1. The predicted molar refractivity (Wildman–Crippen MR) is 66.4 cm³/mol. The Labute approximate surface area is 105 Å². The molecule has 0 bridgehead atoms. The summed E-state index contributed by atoms with van der Waals surface area (Å²) in [6.07, 6.45) is 2.24. The van der Waals surface area contributed by atoms with E-state index in [1.54, 1.807) is 12.1 Å². The molecule has 1 fully saturated rings. The van der Waals surface area contributed by atoms with E-state index in [9.17, 15) is 9.59 Å². The molecule has 1 saturated heterocycles. The fourth-order valence-electron chi connectivity index (χ4n) is 2.16. The van der Waals surface area contributed by atoms with E-state index in [-0.39, 0.29) is 5.56 Å². The summed E-state index contributed by atoms with van der Waals surface area (Å²) in [4.78, 5) is 24.5. The monoisotopic (exact) mass is 249 g/mol. The number of ether oxygens (including phenoxy) is 1. The van der Waals surface area contributed by atoms with Crippen molar-refractivity contribution in [3.05, 3.63) is 23.8 Å². The first-order valence-corrected chi connectivity index (χ1v) is 5.84. The molecule has 96 valence electrons. The summed E-state index contributed by atoms with van der Waals surface area (Å²) in [5, 5.41) is 8.79. The lowest BCUT2D eigenvalue weighted by Gasteiger charge is -2.19. The third-order valence-corrected chi connectivity index (χ3v) is 3.09. The van der Waals surface area contributed by atoms with Gasteiger partial charge in [-0.25, -0.2) is 4.79 Å². The lowest BCUT2D eigenvalue weighted by Crippen LogP contribution is -2.19. The lowest BCUT2D eigenvalue weighted by molar-refractivity contribution is -0.131. The highest BCUT2D eigenvalue weighted by molar-refractivity contribution is 6.40. The number of carboxylic acids is 1. The maximum absolute atomic E-state index is 11.6. The molecule has 1 aromatic rings. The smallest absolute Gasteiger partial charge is 0.377 e. The van der Waals surface area contributed by atoms with Crippen LogP contribution in [-0.2, 0) is 4.79 Å². The largest absolute Gasteiger partial charge is 0.496 e. The number of rotatable bonds is 4. The van der Waals surface area contributed by atoms with Crippen LogP contribution in [0, 0.1) is 0 Å². The first-order valence-electron chi connectivity index (χ1n) is 5.84. The van der Waals surface area contributed by atoms with Crippen LogP contribution in [0.1, 0.15) is 23.2 Å². The summed E-state index contributed by atoms with van der Waals surface area (Å²) in [5.41, 5.74) is 0.979. The molecule has 1 heterocycles. The zero-order chi connectivity index (χ0) is 13.1. The molecule has 1 aliphatic rings. The van der Waals surface area contributed by atoms with Crippen molar-refractivity contribution in [2.24, 2.45) is 0 Å². The molecule has 0 amide bonds. The molecule has 0 aliphatic carbocycles. The van der Waals surface area contributed by atoms with Crippen LogP contribution in [-0.4, -0.2) is 37.1 Å². The molecular weight excluding hydrogens is 234 g/mol. The molecule has 5 heteroatoms. The van der Waals surface area contributed by atoms with Gasteiger partial charge in [-0.2, -0.15) is 0 Å². The van der Waals surface area contributed by atoms with Gasteiger partial charge in [0.1, 0.15) is 5.75 Å². The van der Waals surface area contributed by atoms with Crippen molar-refractivity contribution in [2.75, 3.05) is 25.1 Å². The second-order valence-electron chi connectivity index (χ2n) is 4.21. The van der Waals surface area contributed by atoms with Gasteiger partial charge in [0.05, 0.1) is 12.7 Å². The molecule has 18 heavy (non-hydrogen) atoms. The Bertz CT molecular complexity index is 478. The van der Waals surface area contributed by atoms with Crippen molar-refractivity contribution >= 4 is 17.4 Å². The third kappa shape index (κ3) is 2.30. The fraction of sp³-hybridized carbons (Fsp3) is 0.385. The fourth-order valence-corrected chi connectivity index (χ4v) is 2.16. The van der Waals surface area contributed by atoms with Crippen LogP contribution in [0.25, 0.3) is 0 Å². The van der Waals surface area contributed by atoms with E-state index in [0.717, 1.165) is 31.6 Å². The van der Waals surface area contributed by atoms with Crippen LogP contribution < -0.4 is 9.64 Å². The van der Waals surface area contributed by atoms with Crippen molar-refractivity contribution < 1.29 is 19.4 Å². The summed E-state index contributed by atoms with van der Waals surface area (Å²) in [5.74, 6) is -2.11. The van der Waals surface area contributed by atoms with Gasteiger partial charge in [0, 0.05) is 18.8 Å². The van der Waals surface area contributed by atoms with Crippen molar-refractivity contribution in [3.8, 4) is 5.75 Å². The minimum absolute atomic E-state index is 0.106. The number of hydrogen-bond acceptors (Lipinski definition) is 4. The summed E-state index contributed by atoms with van der Waals surface area (Å²) in [7, 11) is 1.42. The van der Waals surface area contributed by atoms with Gasteiger partial charge in [-0.05, 0) is 31.0 Å². The number of benzene rings is 1. The molecular formula is C13H15NO4. The number of methoxy groups -OCH3 is 1. The number of aliphatic carboxylic acids is 1. The topological polar surface area (TPSA) is 66.8 Å². The van der Waals surface area contributed by atoms with E-state index in [4.69, 9.17) is 9.84 Å². The second-order valence-corrected chi connectivity index (χ2v) is 4.21. The van der Waals surface area contributed by atoms with Gasteiger partial charge < -0.3 is 14.7 Å². The van der Waals surface area contributed by atoms with Gasteiger partial charge in [-0.1, -0.05) is 0 Å². The number of carbonyl (C=O) groups excluding carboxylic acids is 1. The number of Topliss-reactive ketones (excluding diaryl/α,β-unsaturated/α-hetero) is 1. The Morgan fingerprint density at radius 3 is 2.50 bits per heavy atom. The summed E-state index contributed by atoms with van der Waals surface area (Å²) >= 11 is 0. The molecule has 0 radical (unpaired) electrons. The van der Waals surface area contributed by atoms with Gasteiger partial charge in [0.25, 0.3) is 5.78 Å². The van der Waals surface area contributed by atoms with Crippen LogP contribution >= 0.6 is 0 Å². The van der Waals surface area contributed by atoms with Gasteiger partial charge in [0.2, 0.25) is 0 Å². The van der Waals surface area contributed by atoms with Crippen LogP contribution in [0.4, 0.5) is 5.69 Å². The molecule has 5 nitrogen and oxygen atoms in total. The molecule has 2 rings (SSSR count). The van der Waals surface area contributed by atoms with E-state index >= 15 is 0 Å². The average molecular weight is 249 g/mol.